The van der Waals surface area contributed by atoms with Crippen LogP contribution in [0.5, 0.6) is 5.75 Å². The van der Waals surface area contributed by atoms with Crippen LogP contribution in [0.3, 0.4) is 0 Å². The van der Waals surface area contributed by atoms with Gasteiger partial charge in [-0.15, -0.1) is 0 Å². The highest BCUT2D eigenvalue weighted by Gasteiger charge is 2.44. The zero-order valence-corrected chi connectivity index (χ0v) is 27.6. The molecule has 2 saturated heterocycles. The SMILES string of the molecule is CCC(C)n1ncn(-c2ccc(N3CCN(c4ccc(OC[C@@H]5CO[C@@](Cn6nccn6)(c6ccccc6)O5)cc4)C(C)C3)cc2)c1=O. The van der Waals surface area contributed by atoms with Crippen LogP contribution >= 0.6 is 0 Å². The van der Waals surface area contributed by atoms with E-state index in [1.807, 2.05) is 61.5 Å². The maximum Gasteiger partial charge on any atom is 0.350 e. The molecule has 12 heteroatoms. The maximum absolute atomic E-state index is 12.8. The maximum atomic E-state index is 12.8. The third kappa shape index (κ3) is 6.45. The summed E-state index contributed by atoms with van der Waals surface area (Å²) in [7, 11) is 0. The molecule has 48 heavy (non-hydrogen) atoms. The largest absolute Gasteiger partial charge is 0.491 e. The van der Waals surface area contributed by atoms with Crippen LogP contribution < -0.4 is 20.2 Å². The number of aromatic nitrogens is 6. The van der Waals surface area contributed by atoms with Crippen molar-refractivity contribution >= 4 is 11.4 Å². The lowest BCUT2D eigenvalue weighted by Crippen LogP contribution is -2.52. The summed E-state index contributed by atoms with van der Waals surface area (Å²) in [6, 6.07) is 26.7. The number of anilines is 2. The molecule has 2 aliphatic heterocycles. The molecule has 4 atom stereocenters. The number of hydrogen-bond acceptors (Lipinski definition) is 9. The van der Waals surface area contributed by atoms with Gasteiger partial charge in [-0.1, -0.05) is 37.3 Å². The van der Waals surface area contributed by atoms with E-state index < -0.39 is 5.79 Å². The molecule has 0 amide bonds. The molecule has 0 saturated carbocycles. The van der Waals surface area contributed by atoms with Gasteiger partial charge in [-0.05, 0) is 68.8 Å². The summed E-state index contributed by atoms with van der Waals surface area (Å²) in [5.41, 5.74) is 3.94. The van der Waals surface area contributed by atoms with Gasteiger partial charge in [0.05, 0.1) is 30.7 Å². The van der Waals surface area contributed by atoms with E-state index in [9.17, 15) is 4.79 Å². The lowest BCUT2D eigenvalue weighted by Gasteiger charge is -2.42. The van der Waals surface area contributed by atoms with Gasteiger partial charge in [0.2, 0.25) is 5.79 Å². The molecule has 0 aliphatic carbocycles. The predicted octanol–water partition coefficient (Wildman–Crippen LogP) is 4.66. The van der Waals surface area contributed by atoms with E-state index in [1.165, 1.54) is 0 Å². The summed E-state index contributed by atoms with van der Waals surface area (Å²) in [4.78, 5) is 19.2. The molecule has 5 aromatic rings. The molecular weight excluding hydrogens is 608 g/mol. The van der Waals surface area contributed by atoms with Crippen LogP contribution in [0.4, 0.5) is 11.4 Å². The molecule has 12 nitrogen and oxygen atoms in total. The highest BCUT2D eigenvalue weighted by atomic mass is 16.8. The van der Waals surface area contributed by atoms with Crippen LogP contribution in [0.15, 0.2) is 102 Å². The average molecular weight is 651 g/mol. The van der Waals surface area contributed by atoms with E-state index in [0.717, 1.165) is 54.4 Å². The second-order valence-corrected chi connectivity index (χ2v) is 12.5. The van der Waals surface area contributed by atoms with Gasteiger partial charge >= 0.3 is 5.69 Å². The Morgan fingerprint density at radius 2 is 1.62 bits per heavy atom. The number of benzene rings is 3. The van der Waals surface area contributed by atoms with Crippen molar-refractivity contribution in [2.75, 3.05) is 42.6 Å². The van der Waals surface area contributed by atoms with Crippen LogP contribution in [0.2, 0.25) is 0 Å². The van der Waals surface area contributed by atoms with Crippen LogP contribution in [0.25, 0.3) is 5.69 Å². The summed E-state index contributed by atoms with van der Waals surface area (Å²) in [5, 5.41) is 12.8. The lowest BCUT2D eigenvalue weighted by atomic mass is 10.1. The van der Waals surface area contributed by atoms with Gasteiger partial charge in [-0.2, -0.15) is 20.1 Å². The molecule has 2 fully saturated rings. The van der Waals surface area contributed by atoms with Crippen molar-refractivity contribution in [2.24, 2.45) is 0 Å². The Bertz CT molecular complexity index is 1820. The minimum absolute atomic E-state index is 0.0689. The first-order chi connectivity index (χ1) is 23.4. The first-order valence-electron chi connectivity index (χ1n) is 16.6. The number of nitrogens with zero attached hydrogens (tertiary/aromatic N) is 8. The summed E-state index contributed by atoms with van der Waals surface area (Å²) in [5.74, 6) is -0.191. The molecule has 250 valence electrons. The van der Waals surface area contributed by atoms with Gasteiger partial charge in [-0.3, -0.25) is 0 Å². The minimum atomic E-state index is -0.977. The van der Waals surface area contributed by atoms with E-state index in [0.29, 0.717) is 25.8 Å². The third-order valence-corrected chi connectivity index (χ3v) is 9.32. The van der Waals surface area contributed by atoms with Crippen molar-refractivity contribution in [3.05, 3.63) is 114 Å². The summed E-state index contributed by atoms with van der Waals surface area (Å²) in [6.07, 6.45) is 5.51. The molecule has 0 bridgehead atoms. The van der Waals surface area contributed by atoms with Crippen molar-refractivity contribution in [3.63, 3.8) is 0 Å². The van der Waals surface area contributed by atoms with Gasteiger partial charge < -0.3 is 24.0 Å². The fourth-order valence-corrected chi connectivity index (χ4v) is 6.47. The number of hydrogen-bond donors (Lipinski definition) is 0. The normalized spacial score (nSPS) is 21.8. The van der Waals surface area contributed by atoms with Crippen LogP contribution in [-0.4, -0.2) is 74.3 Å². The van der Waals surface area contributed by atoms with Crippen LogP contribution in [-0.2, 0) is 21.8 Å². The average Bonchev–Trinajstić information content (AvgIpc) is 3.89. The molecular formula is C36H42N8O4. The van der Waals surface area contributed by atoms with Gasteiger partial charge in [0.25, 0.3) is 0 Å². The van der Waals surface area contributed by atoms with Gasteiger partial charge in [-0.25, -0.2) is 14.0 Å². The highest BCUT2D eigenvalue weighted by molar-refractivity contribution is 5.55. The fourth-order valence-electron chi connectivity index (χ4n) is 6.47. The Hall–Kier alpha value is -4.94. The Kier molecular flexibility index (Phi) is 9.00. The van der Waals surface area contributed by atoms with E-state index in [2.05, 4.69) is 63.2 Å². The summed E-state index contributed by atoms with van der Waals surface area (Å²) in [6.45, 7) is 10.1. The molecule has 2 unspecified atom stereocenters. The summed E-state index contributed by atoms with van der Waals surface area (Å²) >= 11 is 0. The standard InChI is InChI=1S/C36H42N8O4/c1-4-27(2)44-35(45)42(26-39-44)32-12-10-30(11-13-32)40-20-21-41(28(3)22-40)31-14-16-33(17-15-31)46-23-34-24-47-36(48-34,25-43-37-18-19-38-43)29-8-6-5-7-9-29/h5-19,26-28,34H,4,20-25H2,1-3H3/t27?,28?,34-,36-/m1/s1. The van der Waals surface area contributed by atoms with Crippen molar-refractivity contribution in [3.8, 4) is 11.4 Å². The second kappa shape index (κ2) is 13.7. The molecule has 0 radical (unpaired) electrons. The van der Waals surface area contributed by atoms with Crippen molar-refractivity contribution in [2.45, 2.75) is 57.7 Å². The molecule has 4 heterocycles. The molecule has 3 aromatic carbocycles. The third-order valence-electron chi connectivity index (χ3n) is 9.32. The number of rotatable bonds is 11. The first kappa shape index (κ1) is 31.6. The Morgan fingerprint density at radius 3 is 2.33 bits per heavy atom. The predicted molar refractivity (Wildman–Crippen MR) is 183 cm³/mol. The van der Waals surface area contributed by atoms with Crippen LogP contribution in [0.1, 0.15) is 38.8 Å². The highest BCUT2D eigenvalue weighted by Crippen LogP contribution is 2.36. The van der Waals surface area contributed by atoms with E-state index in [4.69, 9.17) is 14.2 Å². The first-order valence-corrected chi connectivity index (χ1v) is 16.6. The molecule has 2 aromatic heterocycles. The van der Waals surface area contributed by atoms with Gasteiger partial charge in [0.1, 0.15) is 31.3 Å². The zero-order chi connectivity index (χ0) is 33.1. The van der Waals surface area contributed by atoms with E-state index in [-0.39, 0.29) is 17.8 Å². The number of ether oxygens (including phenoxy) is 3. The Morgan fingerprint density at radius 1 is 0.917 bits per heavy atom. The van der Waals surface area contributed by atoms with Gasteiger partial charge in [0, 0.05) is 42.6 Å². The van der Waals surface area contributed by atoms with Crippen LogP contribution in [0, 0.1) is 0 Å². The zero-order valence-electron chi connectivity index (χ0n) is 27.6. The molecule has 0 N–H and O–H groups in total. The molecule has 2 aliphatic rings. The van der Waals surface area contributed by atoms with Crippen molar-refractivity contribution in [1.29, 1.82) is 0 Å². The lowest BCUT2D eigenvalue weighted by molar-refractivity contribution is -0.192. The molecule has 7 rings (SSSR count). The van der Waals surface area contributed by atoms with E-state index >= 15 is 0 Å². The minimum Gasteiger partial charge on any atom is -0.491 e. The van der Waals surface area contributed by atoms with Gasteiger partial charge in [0.15, 0.2) is 0 Å². The smallest absolute Gasteiger partial charge is 0.350 e. The Labute approximate surface area is 280 Å². The number of piperazine rings is 1. The van der Waals surface area contributed by atoms with Crippen molar-refractivity contribution < 1.29 is 14.2 Å². The van der Waals surface area contributed by atoms with Crippen molar-refractivity contribution in [1.82, 2.24) is 29.3 Å². The monoisotopic (exact) mass is 650 g/mol. The fraction of sp³-hybridized carbons (Fsp3) is 0.389. The topological polar surface area (TPSA) is 105 Å². The second-order valence-electron chi connectivity index (χ2n) is 12.5. The Balaban J connectivity index is 0.934. The summed E-state index contributed by atoms with van der Waals surface area (Å²) < 4.78 is 22.1. The molecule has 0 spiro atoms. The quantitative estimate of drug-likeness (QED) is 0.202. The van der Waals surface area contributed by atoms with E-state index in [1.54, 1.807) is 32.8 Å².